The summed E-state index contributed by atoms with van der Waals surface area (Å²) in [5, 5.41) is 9.03. The minimum absolute atomic E-state index is 0.0196. The zero-order valence-electron chi connectivity index (χ0n) is 10.7. The van der Waals surface area contributed by atoms with Crippen LogP contribution < -0.4 is 0 Å². The van der Waals surface area contributed by atoms with Gasteiger partial charge in [0.25, 0.3) is 0 Å². The summed E-state index contributed by atoms with van der Waals surface area (Å²) in [6.07, 6.45) is 8.94. The van der Waals surface area contributed by atoms with Crippen LogP contribution in [-0.2, 0) is 0 Å². The molecule has 0 radical (unpaired) electrons. The Morgan fingerprint density at radius 1 is 0.667 bits per heavy atom. The van der Waals surface area contributed by atoms with Gasteiger partial charge in [-0.05, 0) is 49.9 Å². The highest BCUT2D eigenvalue weighted by Crippen LogP contribution is 2.29. The Hall–Kier alpha value is -0.0400. The van der Waals surface area contributed by atoms with Gasteiger partial charge in [0.1, 0.15) is 0 Å². The van der Waals surface area contributed by atoms with Crippen molar-refractivity contribution >= 4 is 0 Å². The standard InChI is InChI=1S/C7H14O.C7H14/c1-6-2-4-7(8)5-3-6;1-6-3-4-7(2)5-6/h6-8H,2-5H2,1H3;6-7H,3-5H2,1-2H3. The van der Waals surface area contributed by atoms with Crippen LogP contribution in [0.4, 0.5) is 0 Å². The number of aliphatic hydroxyl groups excluding tert-OH is 1. The topological polar surface area (TPSA) is 20.2 Å². The predicted molar refractivity (Wildman–Crippen MR) is 65.8 cm³/mol. The summed E-state index contributed by atoms with van der Waals surface area (Å²) in [4.78, 5) is 0. The summed E-state index contributed by atoms with van der Waals surface area (Å²) in [7, 11) is 0. The van der Waals surface area contributed by atoms with Gasteiger partial charge in [-0.25, -0.2) is 0 Å². The van der Waals surface area contributed by atoms with Crippen molar-refractivity contribution in [2.75, 3.05) is 0 Å². The van der Waals surface area contributed by atoms with Crippen molar-refractivity contribution in [1.29, 1.82) is 0 Å². The molecule has 0 aromatic carbocycles. The molecule has 0 aromatic rings. The fourth-order valence-electron chi connectivity index (χ4n) is 2.73. The highest BCUT2D eigenvalue weighted by Gasteiger charge is 2.16. The molecule has 2 rings (SSSR count). The van der Waals surface area contributed by atoms with Crippen molar-refractivity contribution in [2.24, 2.45) is 17.8 Å². The first-order valence-corrected chi connectivity index (χ1v) is 6.76. The summed E-state index contributed by atoms with van der Waals surface area (Å²) >= 11 is 0. The van der Waals surface area contributed by atoms with Crippen LogP contribution in [0.2, 0.25) is 0 Å². The van der Waals surface area contributed by atoms with E-state index in [4.69, 9.17) is 5.11 Å². The average Bonchev–Trinajstić information content (AvgIpc) is 2.56. The van der Waals surface area contributed by atoms with E-state index in [1.54, 1.807) is 0 Å². The van der Waals surface area contributed by atoms with Crippen LogP contribution in [-0.4, -0.2) is 11.2 Å². The predicted octanol–water partition coefficient (Wildman–Crippen LogP) is 4.00. The Balaban J connectivity index is 0.000000151. The van der Waals surface area contributed by atoms with E-state index in [0.29, 0.717) is 0 Å². The van der Waals surface area contributed by atoms with E-state index < -0.39 is 0 Å². The number of aliphatic hydroxyl groups is 1. The third-order valence-corrected chi connectivity index (χ3v) is 3.94. The van der Waals surface area contributed by atoms with Crippen LogP contribution in [0.25, 0.3) is 0 Å². The second kappa shape index (κ2) is 6.52. The summed E-state index contributed by atoms with van der Waals surface area (Å²) in [6, 6.07) is 0. The molecule has 2 aliphatic carbocycles. The Morgan fingerprint density at radius 3 is 1.33 bits per heavy atom. The molecule has 2 aliphatic rings. The van der Waals surface area contributed by atoms with Gasteiger partial charge in [-0.3, -0.25) is 0 Å². The van der Waals surface area contributed by atoms with Gasteiger partial charge in [0.15, 0.2) is 0 Å². The van der Waals surface area contributed by atoms with Crippen LogP contribution in [0, 0.1) is 17.8 Å². The van der Waals surface area contributed by atoms with E-state index in [2.05, 4.69) is 20.8 Å². The molecule has 2 saturated carbocycles. The fourth-order valence-corrected chi connectivity index (χ4v) is 2.73. The van der Waals surface area contributed by atoms with Crippen molar-refractivity contribution in [3.05, 3.63) is 0 Å². The van der Waals surface area contributed by atoms with Gasteiger partial charge in [-0.1, -0.05) is 33.6 Å². The van der Waals surface area contributed by atoms with Gasteiger partial charge in [-0.2, -0.15) is 0 Å². The lowest BCUT2D eigenvalue weighted by atomic mass is 9.89. The molecule has 1 N–H and O–H groups in total. The molecule has 0 amide bonds. The van der Waals surface area contributed by atoms with Gasteiger partial charge >= 0.3 is 0 Å². The second-order valence-electron chi connectivity index (χ2n) is 5.94. The Bertz CT molecular complexity index is 141. The van der Waals surface area contributed by atoms with E-state index in [0.717, 1.165) is 30.6 Å². The molecule has 2 atom stereocenters. The fraction of sp³-hybridized carbons (Fsp3) is 1.00. The minimum Gasteiger partial charge on any atom is -0.393 e. The molecule has 15 heavy (non-hydrogen) atoms. The smallest absolute Gasteiger partial charge is 0.0540 e. The Kier molecular flexibility index (Phi) is 5.66. The number of hydrogen-bond donors (Lipinski definition) is 1. The number of hydrogen-bond acceptors (Lipinski definition) is 1. The Labute approximate surface area is 95.3 Å². The SMILES string of the molecule is CC1CCC(C)C1.CC1CCC(O)CC1. The van der Waals surface area contributed by atoms with Crippen LogP contribution >= 0.6 is 0 Å². The van der Waals surface area contributed by atoms with Crippen LogP contribution in [0.15, 0.2) is 0 Å². The first-order valence-electron chi connectivity index (χ1n) is 6.76. The molecular formula is C14H28O. The molecule has 90 valence electrons. The van der Waals surface area contributed by atoms with Crippen LogP contribution in [0.5, 0.6) is 0 Å². The van der Waals surface area contributed by atoms with E-state index in [1.807, 2.05) is 0 Å². The van der Waals surface area contributed by atoms with Gasteiger partial charge in [0.05, 0.1) is 6.10 Å². The third kappa shape index (κ3) is 5.55. The van der Waals surface area contributed by atoms with Crippen molar-refractivity contribution in [3.63, 3.8) is 0 Å². The summed E-state index contributed by atoms with van der Waals surface area (Å²) in [6.45, 7) is 6.96. The summed E-state index contributed by atoms with van der Waals surface area (Å²) in [5.41, 5.74) is 0. The molecule has 0 spiro atoms. The normalized spacial score (nSPS) is 40.8. The van der Waals surface area contributed by atoms with Gasteiger partial charge in [0, 0.05) is 0 Å². The molecule has 0 aromatic heterocycles. The van der Waals surface area contributed by atoms with Gasteiger partial charge in [-0.15, -0.1) is 0 Å². The van der Waals surface area contributed by atoms with Crippen molar-refractivity contribution in [1.82, 2.24) is 0 Å². The summed E-state index contributed by atoms with van der Waals surface area (Å²) in [5.74, 6) is 2.91. The molecule has 2 unspecified atom stereocenters. The van der Waals surface area contributed by atoms with Crippen LogP contribution in [0.1, 0.15) is 65.7 Å². The monoisotopic (exact) mass is 212 g/mol. The molecule has 0 heterocycles. The maximum Gasteiger partial charge on any atom is 0.0540 e. The third-order valence-electron chi connectivity index (χ3n) is 3.94. The maximum absolute atomic E-state index is 9.03. The van der Waals surface area contributed by atoms with Crippen molar-refractivity contribution in [2.45, 2.75) is 71.8 Å². The molecule has 1 nitrogen and oxygen atoms in total. The zero-order valence-corrected chi connectivity index (χ0v) is 10.7. The lowest BCUT2D eigenvalue weighted by Crippen LogP contribution is -2.15. The quantitative estimate of drug-likeness (QED) is 0.643. The van der Waals surface area contributed by atoms with E-state index in [9.17, 15) is 0 Å². The van der Waals surface area contributed by atoms with Crippen molar-refractivity contribution in [3.8, 4) is 0 Å². The molecule has 1 heteroatoms. The average molecular weight is 212 g/mol. The van der Waals surface area contributed by atoms with Gasteiger partial charge in [0.2, 0.25) is 0 Å². The van der Waals surface area contributed by atoms with Crippen LogP contribution in [0.3, 0.4) is 0 Å². The molecule has 0 bridgehead atoms. The van der Waals surface area contributed by atoms with E-state index in [1.165, 1.54) is 32.1 Å². The van der Waals surface area contributed by atoms with E-state index >= 15 is 0 Å². The largest absolute Gasteiger partial charge is 0.393 e. The second-order valence-corrected chi connectivity index (χ2v) is 5.94. The number of rotatable bonds is 0. The maximum atomic E-state index is 9.03. The zero-order chi connectivity index (χ0) is 11.3. The first kappa shape index (κ1) is 13.0. The summed E-state index contributed by atoms with van der Waals surface area (Å²) < 4.78 is 0. The lowest BCUT2D eigenvalue weighted by molar-refractivity contribution is 0.112. The van der Waals surface area contributed by atoms with Crippen molar-refractivity contribution < 1.29 is 5.11 Å². The molecule has 2 fully saturated rings. The molecular weight excluding hydrogens is 184 g/mol. The highest BCUT2D eigenvalue weighted by molar-refractivity contribution is 4.68. The first-order chi connectivity index (χ1) is 7.08. The minimum atomic E-state index is 0.0196. The lowest BCUT2D eigenvalue weighted by Gasteiger charge is -2.21. The molecule has 0 saturated heterocycles. The van der Waals surface area contributed by atoms with E-state index in [-0.39, 0.29) is 6.10 Å². The van der Waals surface area contributed by atoms with Gasteiger partial charge < -0.3 is 5.11 Å². The highest BCUT2D eigenvalue weighted by atomic mass is 16.3. The molecule has 0 aliphatic heterocycles. The Morgan fingerprint density at radius 2 is 1.07 bits per heavy atom.